The number of carbonyl (C=O) groups excluding carboxylic acids is 1. The zero-order valence-electron chi connectivity index (χ0n) is 18.6. The Morgan fingerprint density at radius 2 is 1.84 bits per heavy atom. The second kappa shape index (κ2) is 9.14. The largest absolute Gasteiger partial charge is 0.383 e. The minimum Gasteiger partial charge on any atom is -0.383 e. The zero-order chi connectivity index (χ0) is 22.1. The summed E-state index contributed by atoms with van der Waals surface area (Å²) in [4.78, 5) is 15.8. The molecular formula is C24H31FN4O2S. The Balaban J connectivity index is 1.35. The Morgan fingerprint density at radius 1 is 1.19 bits per heavy atom. The molecule has 4 bridgehead atoms. The van der Waals surface area contributed by atoms with Crippen LogP contribution in [0.5, 0.6) is 0 Å². The normalized spacial score (nSPS) is 28.2. The second-order valence-electron chi connectivity index (χ2n) is 9.84. The summed E-state index contributed by atoms with van der Waals surface area (Å²) in [7, 11) is 1.67. The third-order valence-corrected chi connectivity index (χ3v) is 8.54. The number of amides is 1. The Hall–Kier alpha value is -1.93. The zero-order valence-corrected chi connectivity index (χ0v) is 19.4. The average molecular weight is 459 g/mol. The van der Waals surface area contributed by atoms with Gasteiger partial charge >= 0.3 is 0 Å². The molecule has 0 N–H and O–H groups in total. The molecule has 8 heteroatoms. The molecule has 0 atom stereocenters. The third kappa shape index (κ3) is 4.44. The highest BCUT2D eigenvalue weighted by Crippen LogP contribution is 2.58. The van der Waals surface area contributed by atoms with Gasteiger partial charge in [0.1, 0.15) is 12.1 Å². The molecule has 4 saturated carbocycles. The van der Waals surface area contributed by atoms with Crippen molar-refractivity contribution in [1.82, 2.24) is 19.7 Å². The van der Waals surface area contributed by atoms with Crippen LogP contribution in [0.1, 0.15) is 44.1 Å². The van der Waals surface area contributed by atoms with Crippen LogP contribution in [0, 0.1) is 23.6 Å². The molecule has 32 heavy (non-hydrogen) atoms. The van der Waals surface area contributed by atoms with E-state index in [4.69, 9.17) is 4.74 Å². The van der Waals surface area contributed by atoms with Gasteiger partial charge in [0.05, 0.1) is 12.4 Å². The van der Waals surface area contributed by atoms with Crippen LogP contribution >= 0.6 is 11.8 Å². The van der Waals surface area contributed by atoms with Gasteiger partial charge < -0.3 is 14.2 Å². The van der Waals surface area contributed by atoms with E-state index in [9.17, 15) is 9.18 Å². The topological polar surface area (TPSA) is 60.2 Å². The van der Waals surface area contributed by atoms with Gasteiger partial charge in [0.15, 0.2) is 5.16 Å². The van der Waals surface area contributed by atoms with Crippen LogP contribution in [0.3, 0.4) is 0 Å². The van der Waals surface area contributed by atoms with Gasteiger partial charge in [-0.05, 0) is 74.0 Å². The standard InChI is InChI=1S/C24H31FN4O2S/c1-31-7-6-28-16-26-27-23(28)32-15-22(30)29(14-17-2-4-21(25)5-3-17)24-11-18-8-19(12-24)10-20(9-18)13-24/h2-5,16,18-20H,6-15H2,1H3. The van der Waals surface area contributed by atoms with E-state index in [0.29, 0.717) is 25.4 Å². The van der Waals surface area contributed by atoms with E-state index in [1.165, 1.54) is 43.2 Å². The lowest BCUT2D eigenvalue weighted by Gasteiger charge is -2.60. The highest BCUT2D eigenvalue weighted by Gasteiger charge is 2.54. The van der Waals surface area contributed by atoms with E-state index in [0.717, 1.165) is 47.7 Å². The molecule has 0 unspecified atom stereocenters. The smallest absolute Gasteiger partial charge is 0.233 e. The molecule has 1 aromatic heterocycles. The highest BCUT2D eigenvalue weighted by atomic mass is 32.2. The summed E-state index contributed by atoms with van der Waals surface area (Å²) in [5, 5.41) is 8.94. The van der Waals surface area contributed by atoms with Crippen molar-refractivity contribution in [2.24, 2.45) is 17.8 Å². The van der Waals surface area contributed by atoms with Gasteiger partial charge in [-0.3, -0.25) is 4.79 Å². The van der Waals surface area contributed by atoms with Crippen LogP contribution in [0.25, 0.3) is 0 Å². The number of hydrogen-bond acceptors (Lipinski definition) is 5. The van der Waals surface area contributed by atoms with Crippen LogP contribution in [0.15, 0.2) is 35.7 Å². The molecule has 1 heterocycles. The number of hydrogen-bond donors (Lipinski definition) is 0. The summed E-state index contributed by atoms with van der Waals surface area (Å²) in [5.74, 6) is 2.46. The van der Waals surface area contributed by atoms with Gasteiger partial charge in [-0.25, -0.2) is 4.39 Å². The summed E-state index contributed by atoms with van der Waals surface area (Å²) in [5.41, 5.74) is 0.939. The Bertz CT molecular complexity index is 912. The minimum absolute atomic E-state index is 0.0511. The fraction of sp³-hybridized carbons (Fsp3) is 0.625. The lowest BCUT2D eigenvalue weighted by atomic mass is 9.52. The number of rotatable bonds is 9. The van der Waals surface area contributed by atoms with Crippen molar-refractivity contribution >= 4 is 17.7 Å². The molecular weight excluding hydrogens is 427 g/mol. The van der Waals surface area contributed by atoms with Gasteiger partial charge in [0.25, 0.3) is 0 Å². The Kier molecular flexibility index (Phi) is 6.25. The van der Waals surface area contributed by atoms with Gasteiger partial charge in [0.2, 0.25) is 5.91 Å². The number of nitrogens with zero attached hydrogens (tertiary/aromatic N) is 4. The van der Waals surface area contributed by atoms with E-state index in [-0.39, 0.29) is 17.3 Å². The quantitative estimate of drug-likeness (QED) is 0.528. The fourth-order valence-electron chi connectivity index (χ4n) is 6.59. The Morgan fingerprint density at radius 3 is 2.47 bits per heavy atom. The lowest BCUT2D eigenvalue weighted by Crippen LogP contribution is -2.61. The molecule has 172 valence electrons. The molecule has 0 spiro atoms. The van der Waals surface area contributed by atoms with Crippen molar-refractivity contribution in [1.29, 1.82) is 0 Å². The van der Waals surface area contributed by atoms with E-state index < -0.39 is 0 Å². The third-order valence-electron chi connectivity index (χ3n) is 7.57. The number of carbonyl (C=O) groups is 1. The van der Waals surface area contributed by atoms with Crippen LogP contribution in [-0.2, 0) is 22.6 Å². The van der Waals surface area contributed by atoms with Gasteiger partial charge in [0, 0.05) is 25.7 Å². The average Bonchev–Trinajstić information content (AvgIpc) is 3.22. The number of benzene rings is 1. The molecule has 2 aromatic rings. The predicted molar refractivity (Wildman–Crippen MR) is 120 cm³/mol. The maximum absolute atomic E-state index is 13.7. The molecule has 6 rings (SSSR count). The maximum Gasteiger partial charge on any atom is 0.233 e. The van der Waals surface area contributed by atoms with Crippen LogP contribution in [0.2, 0.25) is 0 Å². The molecule has 1 aromatic carbocycles. The van der Waals surface area contributed by atoms with Crippen LogP contribution in [0.4, 0.5) is 4.39 Å². The molecule has 4 fully saturated rings. The molecule has 6 nitrogen and oxygen atoms in total. The summed E-state index contributed by atoms with van der Waals surface area (Å²) >= 11 is 1.44. The number of halogens is 1. The van der Waals surface area contributed by atoms with Crippen LogP contribution < -0.4 is 0 Å². The summed E-state index contributed by atoms with van der Waals surface area (Å²) in [6, 6.07) is 6.60. The first-order valence-electron chi connectivity index (χ1n) is 11.6. The minimum atomic E-state index is -0.243. The molecule has 0 saturated heterocycles. The first kappa shape index (κ1) is 21.9. The first-order chi connectivity index (χ1) is 15.5. The van der Waals surface area contributed by atoms with Crippen molar-refractivity contribution in [3.63, 3.8) is 0 Å². The molecule has 4 aliphatic rings. The first-order valence-corrected chi connectivity index (χ1v) is 12.6. The van der Waals surface area contributed by atoms with E-state index in [2.05, 4.69) is 15.1 Å². The van der Waals surface area contributed by atoms with Crippen molar-refractivity contribution < 1.29 is 13.9 Å². The van der Waals surface area contributed by atoms with E-state index in [1.807, 2.05) is 16.7 Å². The SMILES string of the molecule is COCCn1cnnc1SCC(=O)N(Cc1ccc(F)cc1)C12CC3CC(CC(C3)C1)C2. The molecule has 0 radical (unpaired) electrons. The number of aromatic nitrogens is 3. The Labute approximate surface area is 192 Å². The number of ether oxygens (including phenoxy) is 1. The predicted octanol–water partition coefficient (Wildman–Crippen LogP) is 4.15. The summed E-state index contributed by atoms with van der Waals surface area (Å²) in [6.07, 6.45) is 9.00. The summed E-state index contributed by atoms with van der Waals surface area (Å²) < 4.78 is 20.6. The summed E-state index contributed by atoms with van der Waals surface area (Å²) in [6.45, 7) is 1.78. The van der Waals surface area contributed by atoms with Crippen molar-refractivity contribution in [2.75, 3.05) is 19.5 Å². The van der Waals surface area contributed by atoms with Crippen molar-refractivity contribution in [3.8, 4) is 0 Å². The van der Waals surface area contributed by atoms with Crippen molar-refractivity contribution in [2.45, 2.75) is 62.3 Å². The molecule has 1 amide bonds. The van der Waals surface area contributed by atoms with Crippen molar-refractivity contribution in [3.05, 3.63) is 42.0 Å². The monoisotopic (exact) mass is 458 g/mol. The van der Waals surface area contributed by atoms with Gasteiger partial charge in [-0.1, -0.05) is 23.9 Å². The van der Waals surface area contributed by atoms with E-state index >= 15 is 0 Å². The molecule has 0 aliphatic heterocycles. The highest BCUT2D eigenvalue weighted by molar-refractivity contribution is 7.99. The lowest BCUT2D eigenvalue weighted by molar-refractivity contribution is -0.149. The molecule has 4 aliphatic carbocycles. The fourth-order valence-corrected chi connectivity index (χ4v) is 7.41. The number of methoxy groups -OCH3 is 1. The number of thioether (sulfide) groups is 1. The van der Waals surface area contributed by atoms with Crippen LogP contribution in [-0.4, -0.2) is 50.6 Å². The maximum atomic E-state index is 13.7. The van der Waals surface area contributed by atoms with Gasteiger partial charge in [-0.15, -0.1) is 10.2 Å². The van der Waals surface area contributed by atoms with E-state index in [1.54, 1.807) is 13.4 Å². The van der Waals surface area contributed by atoms with Gasteiger partial charge in [-0.2, -0.15) is 0 Å². The second-order valence-corrected chi connectivity index (χ2v) is 10.8.